The Kier molecular flexibility index (Phi) is 5.70. The van der Waals surface area contributed by atoms with Crippen LogP contribution in [-0.4, -0.2) is 22.8 Å². The van der Waals surface area contributed by atoms with Crippen molar-refractivity contribution in [2.75, 3.05) is 12.4 Å². The van der Waals surface area contributed by atoms with Crippen LogP contribution in [0, 0.1) is 5.92 Å². The number of halogens is 2. The zero-order chi connectivity index (χ0) is 20.5. The Morgan fingerprint density at radius 3 is 2.69 bits per heavy atom. The number of methoxy groups -OCH3 is 1. The molecule has 0 saturated heterocycles. The van der Waals surface area contributed by atoms with Gasteiger partial charge >= 0.3 is 0 Å². The fourth-order valence-corrected chi connectivity index (χ4v) is 4.29. The van der Waals surface area contributed by atoms with Crippen LogP contribution in [-0.2, 0) is 0 Å². The Morgan fingerprint density at radius 2 is 1.97 bits per heavy atom. The quantitative estimate of drug-likeness (QED) is 0.522. The van der Waals surface area contributed by atoms with Crippen molar-refractivity contribution in [2.24, 2.45) is 5.92 Å². The molecule has 1 aromatic heterocycles. The van der Waals surface area contributed by atoms with E-state index in [1.54, 1.807) is 25.3 Å². The standard InChI is InChI=1S/C22H23Cl2N3O2/c1-13-6-8-15(9-7-13)27-12-14-10-19(20(29-2)11-18(14)26-27)25-22(28)16-4-3-5-17(23)21(16)24/h3-5,10-13,15H,6-9H2,1-2H3,(H,25,28)/t13-,15-. The number of nitrogens with one attached hydrogen (secondary N) is 1. The van der Waals surface area contributed by atoms with Gasteiger partial charge in [-0.15, -0.1) is 0 Å². The number of nitrogens with zero attached hydrogens (tertiary/aromatic N) is 2. The zero-order valence-electron chi connectivity index (χ0n) is 16.4. The van der Waals surface area contributed by atoms with E-state index in [1.807, 2.05) is 12.1 Å². The van der Waals surface area contributed by atoms with Gasteiger partial charge in [0.2, 0.25) is 0 Å². The maximum Gasteiger partial charge on any atom is 0.257 e. The van der Waals surface area contributed by atoms with Gasteiger partial charge in [0, 0.05) is 17.6 Å². The lowest BCUT2D eigenvalue weighted by Gasteiger charge is -2.26. The van der Waals surface area contributed by atoms with Crippen molar-refractivity contribution in [3.8, 4) is 5.75 Å². The molecule has 29 heavy (non-hydrogen) atoms. The summed E-state index contributed by atoms with van der Waals surface area (Å²) >= 11 is 12.2. The molecule has 0 unspecified atom stereocenters. The second kappa shape index (κ2) is 8.25. The van der Waals surface area contributed by atoms with E-state index in [4.69, 9.17) is 33.0 Å². The van der Waals surface area contributed by atoms with Crippen molar-refractivity contribution < 1.29 is 9.53 Å². The third-order valence-corrected chi connectivity index (χ3v) is 6.47. The van der Waals surface area contributed by atoms with Crippen molar-refractivity contribution in [3.05, 3.63) is 52.1 Å². The van der Waals surface area contributed by atoms with Crippen LogP contribution < -0.4 is 10.1 Å². The number of aromatic nitrogens is 2. The molecule has 5 nitrogen and oxygen atoms in total. The summed E-state index contributed by atoms with van der Waals surface area (Å²) in [6.45, 7) is 2.31. The van der Waals surface area contributed by atoms with Gasteiger partial charge in [0.15, 0.2) is 0 Å². The summed E-state index contributed by atoms with van der Waals surface area (Å²) in [4.78, 5) is 12.7. The molecular weight excluding hydrogens is 409 g/mol. The lowest BCUT2D eigenvalue weighted by molar-refractivity contribution is 0.102. The Morgan fingerprint density at radius 1 is 1.21 bits per heavy atom. The van der Waals surface area contributed by atoms with Crippen molar-refractivity contribution in [1.82, 2.24) is 9.78 Å². The first-order valence-corrected chi connectivity index (χ1v) is 10.5. The van der Waals surface area contributed by atoms with Crippen molar-refractivity contribution in [2.45, 2.75) is 38.6 Å². The number of ether oxygens (including phenoxy) is 1. The molecule has 7 heteroatoms. The number of hydrogen-bond donors (Lipinski definition) is 1. The highest BCUT2D eigenvalue weighted by atomic mass is 35.5. The minimum Gasteiger partial charge on any atom is -0.494 e. The van der Waals surface area contributed by atoms with Gasteiger partial charge in [-0.05, 0) is 49.8 Å². The van der Waals surface area contributed by atoms with Crippen LogP contribution in [0.25, 0.3) is 10.9 Å². The predicted molar refractivity (Wildman–Crippen MR) is 117 cm³/mol. The van der Waals surface area contributed by atoms with Crippen molar-refractivity contribution >= 4 is 45.7 Å². The Bertz CT molecular complexity index is 1060. The number of anilines is 1. The van der Waals surface area contributed by atoms with E-state index in [0.717, 1.165) is 29.7 Å². The third-order valence-electron chi connectivity index (χ3n) is 5.65. The summed E-state index contributed by atoms with van der Waals surface area (Å²) in [6.07, 6.45) is 6.79. The van der Waals surface area contributed by atoms with Crippen LogP contribution in [0.4, 0.5) is 5.69 Å². The molecule has 0 aliphatic heterocycles. The predicted octanol–water partition coefficient (Wildman–Crippen LogP) is 6.36. The van der Waals surface area contributed by atoms with E-state index in [9.17, 15) is 4.79 Å². The Labute approximate surface area is 179 Å². The highest BCUT2D eigenvalue weighted by molar-refractivity contribution is 6.44. The lowest BCUT2D eigenvalue weighted by atomic mass is 9.87. The highest BCUT2D eigenvalue weighted by Gasteiger charge is 2.21. The maximum absolute atomic E-state index is 12.7. The van der Waals surface area contributed by atoms with E-state index in [0.29, 0.717) is 28.1 Å². The molecule has 3 aromatic rings. The number of carbonyl (C=O) groups excluding carboxylic acids is 1. The SMILES string of the molecule is COc1cc2nn([C@H]3CC[C@H](C)CC3)cc2cc1NC(=O)c1cccc(Cl)c1Cl. The molecule has 1 aliphatic rings. The molecule has 1 N–H and O–H groups in total. The number of amides is 1. The van der Waals surface area contributed by atoms with Gasteiger partial charge in [-0.1, -0.05) is 36.2 Å². The molecule has 2 aromatic carbocycles. The Balaban J connectivity index is 1.63. The van der Waals surface area contributed by atoms with Gasteiger partial charge in [-0.2, -0.15) is 5.10 Å². The summed E-state index contributed by atoms with van der Waals surface area (Å²) in [6, 6.07) is 9.14. The molecule has 0 radical (unpaired) electrons. The van der Waals surface area contributed by atoms with Crippen molar-refractivity contribution in [1.29, 1.82) is 0 Å². The topological polar surface area (TPSA) is 56.1 Å². The molecule has 4 rings (SSSR count). The van der Waals surface area contributed by atoms with Crippen LogP contribution in [0.2, 0.25) is 10.0 Å². The largest absolute Gasteiger partial charge is 0.494 e. The second-order valence-corrected chi connectivity index (χ2v) is 8.47. The minimum atomic E-state index is -0.344. The summed E-state index contributed by atoms with van der Waals surface area (Å²) in [5, 5.41) is 9.17. The van der Waals surface area contributed by atoms with Gasteiger partial charge in [0.05, 0.1) is 40.0 Å². The molecule has 1 saturated carbocycles. The van der Waals surface area contributed by atoms with Crippen LogP contribution in [0.15, 0.2) is 36.5 Å². The third kappa shape index (κ3) is 4.07. The van der Waals surface area contributed by atoms with E-state index >= 15 is 0 Å². The van der Waals surface area contributed by atoms with E-state index in [-0.39, 0.29) is 10.9 Å². The van der Waals surface area contributed by atoms with E-state index < -0.39 is 0 Å². The number of fused-ring (bicyclic) bond motifs is 1. The number of carbonyl (C=O) groups is 1. The first-order valence-electron chi connectivity index (χ1n) is 9.78. The average molecular weight is 432 g/mol. The molecule has 1 fully saturated rings. The van der Waals surface area contributed by atoms with E-state index in [2.05, 4.69) is 23.1 Å². The average Bonchev–Trinajstić information content (AvgIpc) is 3.12. The first-order chi connectivity index (χ1) is 14.0. The summed E-state index contributed by atoms with van der Waals surface area (Å²) in [5.74, 6) is 0.992. The molecule has 1 amide bonds. The minimum absolute atomic E-state index is 0.228. The van der Waals surface area contributed by atoms with Gasteiger partial charge in [0.25, 0.3) is 5.91 Å². The smallest absolute Gasteiger partial charge is 0.257 e. The normalized spacial score (nSPS) is 19.3. The van der Waals surface area contributed by atoms with Crippen LogP contribution in [0.3, 0.4) is 0 Å². The van der Waals surface area contributed by atoms with Gasteiger partial charge < -0.3 is 10.1 Å². The number of benzene rings is 2. The first kappa shape index (κ1) is 20.0. The highest BCUT2D eigenvalue weighted by Crippen LogP contribution is 2.35. The molecular formula is C22H23Cl2N3O2. The molecule has 0 atom stereocenters. The fourth-order valence-electron chi connectivity index (χ4n) is 3.90. The molecule has 0 bridgehead atoms. The summed E-state index contributed by atoms with van der Waals surface area (Å²) < 4.78 is 7.55. The van der Waals surface area contributed by atoms with Crippen LogP contribution >= 0.6 is 23.2 Å². The summed E-state index contributed by atoms with van der Waals surface area (Å²) in [7, 11) is 1.57. The number of rotatable bonds is 4. The summed E-state index contributed by atoms with van der Waals surface area (Å²) in [5.41, 5.74) is 1.73. The van der Waals surface area contributed by atoms with Gasteiger partial charge in [-0.25, -0.2) is 0 Å². The lowest BCUT2D eigenvalue weighted by Crippen LogP contribution is -2.16. The van der Waals surface area contributed by atoms with Gasteiger partial charge in [-0.3, -0.25) is 9.48 Å². The maximum atomic E-state index is 12.7. The molecule has 152 valence electrons. The number of hydrogen-bond acceptors (Lipinski definition) is 3. The second-order valence-electron chi connectivity index (χ2n) is 7.69. The zero-order valence-corrected chi connectivity index (χ0v) is 17.9. The van der Waals surface area contributed by atoms with E-state index in [1.165, 1.54) is 12.8 Å². The molecule has 1 aliphatic carbocycles. The fraction of sp³-hybridized carbons (Fsp3) is 0.364. The van der Waals surface area contributed by atoms with Crippen molar-refractivity contribution in [3.63, 3.8) is 0 Å². The van der Waals surface area contributed by atoms with Crippen LogP contribution in [0.5, 0.6) is 5.75 Å². The monoisotopic (exact) mass is 431 g/mol. The molecule has 1 heterocycles. The van der Waals surface area contributed by atoms with Crippen LogP contribution in [0.1, 0.15) is 49.0 Å². The van der Waals surface area contributed by atoms with Gasteiger partial charge in [0.1, 0.15) is 5.75 Å². The Hall–Kier alpha value is -2.24. The molecule has 0 spiro atoms.